The average molecular weight is 1880 g/mol. The lowest BCUT2D eigenvalue weighted by molar-refractivity contribution is 0.640. The number of aryl methyl sites for hydroxylation is 16. The molecule has 0 nitrogen and oxygen atoms in total. The molecule has 18 aromatic rings. The first-order valence-corrected chi connectivity index (χ1v) is 54.2. The summed E-state index contributed by atoms with van der Waals surface area (Å²) in [7, 11) is 0. The maximum absolute atomic E-state index is 2.64. The molecule has 0 aliphatic heterocycles. The first-order valence-electron chi connectivity index (χ1n) is 54.2. The van der Waals surface area contributed by atoms with Gasteiger partial charge in [-0.3, -0.25) is 0 Å². The Bertz CT molecular complexity index is 6730. The summed E-state index contributed by atoms with van der Waals surface area (Å²) in [5.41, 5.74) is 55.8. The zero-order valence-electron chi connectivity index (χ0n) is 87.8. The number of rotatable bonds is 37. The molecule has 0 saturated heterocycles. The number of benzene rings is 18. The minimum atomic E-state index is 0.0620. The van der Waals surface area contributed by atoms with Gasteiger partial charge in [-0.15, -0.1) is 0 Å². The Hall–Kier alpha value is -14.0. The molecule has 0 aromatic heterocycles. The second kappa shape index (κ2) is 49.8. The van der Waals surface area contributed by atoms with Gasteiger partial charge in [0.1, 0.15) is 0 Å². The van der Waals surface area contributed by atoms with Gasteiger partial charge in [0, 0.05) is 11.8 Å². The summed E-state index contributed by atoms with van der Waals surface area (Å²) in [6.45, 7) is 26.8. The fourth-order valence-electron chi connectivity index (χ4n) is 21.2. The lowest BCUT2D eigenvalue weighted by atomic mass is 9.80. The fraction of sp³-hybridized carbons (Fsp3) is 0.250. The second-order valence-corrected chi connectivity index (χ2v) is 41.4. The second-order valence-electron chi connectivity index (χ2n) is 41.4. The first kappa shape index (κ1) is 101. The average Bonchev–Trinajstić information content (AvgIpc) is 0.761. The highest BCUT2D eigenvalue weighted by atomic mass is 14.3. The molecule has 144 heavy (non-hydrogen) atoms. The highest BCUT2D eigenvalue weighted by Gasteiger charge is 2.25. The normalized spacial score (nSPS) is 11.9. The van der Waals surface area contributed by atoms with E-state index in [1.165, 1.54) is 331 Å². The molecule has 0 bridgehead atoms. The van der Waals surface area contributed by atoms with Crippen molar-refractivity contribution in [3.63, 3.8) is 0 Å². The van der Waals surface area contributed by atoms with E-state index in [0.29, 0.717) is 0 Å². The van der Waals surface area contributed by atoms with Crippen molar-refractivity contribution in [3.05, 3.63) is 523 Å². The van der Waals surface area contributed by atoms with E-state index in [4.69, 9.17) is 0 Å². The van der Waals surface area contributed by atoms with Gasteiger partial charge in [0.2, 0.25) is 0 Å². The zero-order chi connectivity index (χ0) is 99.6. The fourth-order valence-corrected chi connectivity index (χ4v) is 21.2. The van der Waals surface area contributed by atoms with E-state index in [9.17, 15) is 0 Å². The van der Waals surface area contributed by atoms with Gasteiger partial charge in [-0.2, -0.15) is 0 Å². The van der Waals surface area contributed by atoms with E-state index >= 15 is 0 Å². The Labute approximate surface area is 864 Å². The van der Waals surface area contributed by atoms with Crippen molar-refractivity contribution in [2.45, 2.75) is 236 Å². The Morgan fingerprint density at radius 3 is 0.660 bits per heavy atom. The maximum atomic E-state index is 2.64. The third kappa shape index (κ3) is 26.5. The molecule has 2 unspecified atom stereocenters. The van der Waals surface area contributed by atoms with Gasteiger partial charge in [-0.25, -0.2) is 0 Å². The number of hydrogen-bond acceptors (Lipinski definition) is 0. The Balaban J connectivity index is 0.000000210. The molecule has 19 rings (SSSR count). The van der Waals surface area contributed by atoms with E-state index < -0.39 is 0 Å². The van der Waals surface area contributed by atoms with Crippen molar-refractivity contribution in [1.29, 1.82) is 0 Å². The maximum Gasteiger partial charge on any atom is 0.0340 e. The van der Waals surface area contributed by atoms with Crippen molar-refractivity contribution in [2.24, 2.45) is 0 Å². The molecule has 1 aliphatic rings. The van der Waals surface area contributed by atoms with Gasteiger partial charge in [-0.05, 0) is 351 Å². The van der Waals surface area contributed by atoms with Gasteiger partial charge in [0.05, 0.1) is 0 Å². The quantitative estimate of drug-likeness (QED) is 0.0269. The van der Waals surface area contributed by atoms with E-state index in [1.807, 2.05) is 0 Å². The SMILES string of the molecule is CCCCCCc1cc(-c2ccc(C(c3ccc(-c4ccc(C)cc4)cc3)c3ccc(-c4ccc(CCC)cc4)cc3)cc2C)c(CCCCCC)cc1-c1ccc(C(c2ccc(-c3ccc(C)cc3)cc2)c2ccc(-c3ccc(CCC)cc3)cc2)cc1C.Cc1ccc(-c2cc(-c3ccc(C)cc3)cc(-c3ccc(C)cc3)c2)cc1.Cc1ccc(CCCCCCc2ccc(-c3ccc4c(c3)CC4)cc2)cc1. The van der Waals surface area contributed by atoms with Crippen LogP contribution in [0.25, 0.3) is 111 Å². The van der Waals surface area contributed by atoms with Crippen LogP contribution in [0.3, 0.4) is 0 Å². The molecule has 0 saturated carbocycles. The lowest BCUT2D eigenvalue weighted by Crippen LogP contribution is -2.07. The predicted octanol–water partition coefficient (Wildman–Crippen LogP) is 40.2. The third-order valence-electron chi connectivity index (χ3n) is 30.1. The lowest BCUT2D eigenvalue weighted by Gasteiger charge is -2.24. The molecule has 18 aromatic carbocycles. The van der Waals surface area contributed by atoms with Crippen molar-refractivity contribution < 1.29 is 0 Å². The van der Waals surface area contributed by atoms with E-state index in [1.54, 1.807) is 5.56 Å². The summed E-state index contributed by atoms with van der Waals surface area (Å²) < 4.78 is 0. The summed E-state index contributed by atoms with van der Waals surface area (Å²) in [5.74, 6) is 0.124. The number of unbranched alkanes of at least 4 members (excludes halogenated alkanes) is 9. The Kier molecular flexibility index (Phi) is 35.1. The molecular weight excluding hydrogens is 1730 g/mol. The molecule has 0 N–H and O–H groups in total. The molecule has 2 atom stereocenters. The molecule has 0 heteroatoms. The van der Waals surface area contributed by atoms with Crippen LogP contribution in [0.1, 0.15) is 252 Å². The highest BCUT2D eigenvalue weighted by molar-refractivity contribution is 5.84. The number of fused-ring (bicyclic) bond motifs is 1. The van der Waals surface area contributed by atoms with Gasteiger partial charge < -0.3 is 0 Å². The van der Waals surface area contributed by atoms with Gasteiger partial charge in [-0.1, -0.05) is 507 Å². The van der Waals surface area contributed by atoms with Crippen LogP contribution in [-0.2, 0) is 51.4 Å². The first-order chi connectivity index (χ1) is 70.4. The van der Waals surface area contributed by atoms with Crippen LogP contribution in [0.15, 0.2) is 400 Å². The molecule has 0 amide bonds. The monoisotopic (exact) mass is 1880 g/mol. The molecule has 1 aliphatic carbocycles. The van der Waals surface area contributed by atoms with Crippen LogP contribution in [-0.4, -0.2) is 0 Å². The summed E-state index contributed by atoms with van der Waals surface area (Å²) in [6.07, 6.45) is 26.7. The van der Waals surface area contributed by atoms with Crippen molar-refractivity contribution in [1.82, 2.24) is 0 Å². The predicted molar refractivity (Wildman–Crippen MR) is 623 cm³/mol. The Morgan fingerprint density at radius 1 is 0.160 bits per heavy atom. The smallest absolute Gasteiger partial charge is 0.0340 e. The summed E-state index contributed by atoms with van der Waals surface area (Å²) in [4.78, 5) is 0. The minimum absolute atomic E-state index is 0.0620. The van der Waals surface area contributed by atoms with Gasteiger partial charge >= 0.3 is 0 Å². The summed E-state index contributed by atoms with van der Waals surface area (Å²) in [5, 5.41) is 0. The van der Waals surface area contributed by atoms with E-state index in [-0.39, 0.29) is 11.8 Å². The highest BCUT2D eigenvalue weighted by Crippen LogP contribution is 2.45. The van der Waals surface area contributed by atoms with Crippen molar-refractivity contribution in [2.75, 3.05) is 0 Å². The summed E-state index contributed by atoms with van der Waals surface area (Å²) in [6, 6.07) is 152. The van der Waals surface area contributed by atoms with Crippen LogP contribution in [0.4, 0.5) is 0 Å². The molecule has 724 valence electrons. The molecule has 0 heterocycles. The van der Waals surface area contributed by atoms with Gasteiger partial charge in [0.15, 0.2) is 0 Å². The van der Waals surface area contributed by atoms with Crippen LogP contribution >= 0.6 is 0 Å². The van der Waals surface area contributed by atoms with E-state index in [2.05, 4.69) is 483 Å². The molecule has 0 radical (unpaired) electrons. The molecule has 0 fully saturated rings. The molecular formula is C144H148. The molecule has 0 spiro atoms. The summed E-state index contributed by atoms with van der Waals surface area (Å²) >= 11 is 0. The number of hydrogen-bond donors (Lipinski definition) is 0. The standard InChI is InChI=1S/C90H94.C27H24.C27H30/c1-9-13-15-17-21-81-61-88(86-58-56-84(60-66(86)8)90(78-49-41-74(42-50-78)70-33-25-64(6)26-34-70)80-53-45-76(46-54-80)72-37-29-68(20-12-4)30-38-72)82(22-18-16-14-10-2)62-87(81)85-57-55-83(59-65(85)7)89(77-47-39-73(40-48-77)69-31-23-63(5)24-32-69)79-51-43-75(44-52-79)71-35-27-67(19-11-3)28-36-71;1-19-4-10-22(11-5-19)25-16-26(23-12-6-20(2)7-13-23)18-27(17-25)24-14-8-21(3)9-15-24;1-21-8-10-22(11-9-21)6-4-2-3-5-7-23-12-14-24(15-13-23)26-18-16-25-17-19-27(25)20-26/h23-62,89-90H,9-22H2,1-8H3;4-18H,1-3H3;8-16,18,20H,2-7,17,19H2,1H3. The van der Waals surface area contributed by atoms with Crippen molar-refractivity contribution >= 4 is 0 Å². The van der Waals surface area contributed by atoms with Crippen molar-refractivity contribution in [3.8, 4) is 111 Å². The van der Waals surface area contributed by atoms with Crippen LogP contribution in [0, 0.1) is 55.4 Å². The zero-order valence-corrected chi connectivity index (χ0v) is 87.8. The van der Waals surface area contributed by atoms with Crippen LogP contribution in [0.2, 0.25) is 0 Å². The largest absolute Gasteiger partial charge is 0.0654 e. The van der Waals surface area contributed by atoms with E-state index in [0.717, 1.165) is 38.5 Å². The minimum Gasteiger partial charge on any atom is -0.0654 e. The van der Waals surface area contributed by atoms with Gasteiger partial charge in [0.25, 0.3) is 0 Å². The van der Waals surface area contributed by atoms with Crippen LogP contribution < -0.4 is 0 Å². The third-order valence-corrected chi connectivity index (χ3v) is 30.1. The Morgan fingerprint density at radius 2 is 0.389 bits per heavy atom. The van der Waals surface area contributed by atoms with Crippen LogP contribution in [0.5, 0.6) is 0 Å². The topological polar surface area (TPSA) is 0 Å².